The van der Waals surface area contributed by atoms with E-state index in [1.54, 1.807) is 12.3 Å². The molecule has 10 heteroatoms. The Labute approximate surface area is 150 Å². The van der Waals surface area contributed by atoms with Crippen LogP contribution in [0.2, 0.25) is 0 Å². The summed E-state index contributed by atoms with van der Waals surface area (Å²) in [4.78, 5) is 31.1. The molecule has 1 aromatic carbocycles. The minimum absolute atomic E-state index is 0.0394. The van der Waals surface area contributed by atoms with Crippen LogP contribution in [0.4, 0.5) is 13.2 Å². The molecule has 1 amide bonds. The van der Waals surface area contributed by atoms with Gasteiger partial charge in [-0.05, 0) is 12.1 Å². The number of aromatic nitrogens is 3. The van der Waals surface area contributed by atoms with E-state index in [0.29, 0.717) is 23.3 Å². The van der Waals surface area contributed by atoms with Crippen LogP contribution in [0.5, 0.6) is 5.75 Å². The van der Waals surface area contributed by atoms with E-state index in [9.17, 15) is 22.8 Å². The minimum atomic E-state index is -4.91. The van der Waals surface area contributed by atoms with Crippen molar-refractivity contribution in [3.05, 3.63) is 63.7 Å². The van der Waals surface area contributed by atoms with Crippen LogP contribution in [0.15, 0.2) is 41.3 Å². The van der Waals surface area contributed by atoms with E-state index in [-0.39, 0.29) is 24.2 Å². The quantitative estimate of drug-likeness (QED) is 0.741. The summed E-state index contributed by atoms with van der Waals surface area (Å²) in [6, 6.07) is 6.80. The van der Waals surface area contributed by atoms with Crippen molar-refractivity contribution in [2.24, 2.45) is 0 Å². The number of para-hydroxylation sites is 1. The van der Waals surface area contributed by atoms with Gasteiger partial charge >= 0.3 is 6.36 Å². The Kier molecular flexibility index (Phi) is 3.90. The van der Waals surface area contributed by atoms with Crippen molar-refractivity contribution in [3.63, 3.8) is 0 Å². The number of hydrogen-bond acceptors (Lipinski definition) is 4. The number of alkyl halides is 3. The number of aromatic amines is 1. The van der Waals surface area contributed by atoms with Crippen molar-refractivity contribution in [2.45, 2.75) is 19.3 Å². The molecule has 0 aliphatic carbocycles. The summed E-state index contributed by atoms with van der Waals surface area (Å²) in [7, 11) is 0. The molecule has 0 radical (unpaired) electrons. The van der Waals surface area contributed by atoms with E-state index in [4.69, 9.17) is 0 Å². The molecule has 0 bridgehead atoms. The van der Waals surface area contributed by atoms with Gasteiger partial charge < -0.3 is 9.64 Å². The zero-order valence-corrected chi connectivity index (χ0v) is 13.8. The summed E-state index contributed by atoms with van der Waals surface area (Å²) >= 11 is 0. The largest absolute Gasteiger partial charge is 0.573 e. The number of carbonyl (C=O) groups excluding carboxylic acids is 1. The Hall–Kier alpha value is -3.30. The average molecular weight is 378 g/mol. The Morgan fingerprint density at radius 3 is 2.78 bits per heavy atom. The zero-order chi connectivity index (χ0) is 19.2. The fraction of sp³-hybridized carbons (Fsp3) is 0.235. The first-order chi connectivity index (χ1) is 12.8. The smallest absolute Gasteiger partial charge is 0.405 e. The highest BCUT2D eigenvalue weighted by Crippen LogP contribution is 2.28. The fourth-order valence-electron chi connectivity index (χ4n) is 3.12. The molecule has 7 nitrogen and oxygen atoms in total. The van der Waals surface area contributed by atoms with Crippen LogP contribution >= 0.6 is 0 Å². The first-order valence-corrected chi connectivity index (χ1v) is 8.05. The highest BCUT2D eigenvalue weighted by molar-refractivity contribution is 5.97. The number of nitrogens with one attached hydrogen (secondary N) is 1. The third-order valence-corrected chi connectivity index (χ3v) is 4.32. The van der Waals surface area contributed by atoms with Gasteiger partial charge in [0.2, 0.25) is 0 Å². The Morgan fingerprint density at radius 2 is 2.00 bits per heavy atom. The number of fused-ring (bicyclic) bond motifs is 2. The first kappa shape index (κ1) is 17.1. The third-order valence-electron chi connectivity index (χ3n) is 4.32. The number of amides is 1. The normalized spacial score (nSPS) is 14.3. The number of hydrogen-bond donors (Lipinski definition) is 1. The summed E-state index contributed by atoms with van der Waals surface area (Å²) in [5.74, 6) is -1.22. The van der Waals surface area contributed by atoms with Crippen LogP contribution in [0.1, 0.15) is 21.6 Å². The van der Waals surface area contributed by atoms with Crippen LogP contribution < -0.4 is 10.3 Å². The van der Waals surface area contributed by atoms with Crippen LogP contribution in [-0.2, 0) is 13.0 Å². The molecule has 0 spiro atoms. The van der Waals surface area contributed by atoms with Gasteiger partial charge in [-0.15, -0.1) is 13.2 Å². The summed E-state index contributed by atoms with van der Waals surface area (Å²) < 4.78 is 43.0. The maximum atomic E-state index is 12.8. The second kappa shape index (κ2) is 6.15. The summed E-state index contributed by atoms with van der Waals surface area (Å²) in [6.45, 7) is 0.196. The number of halogens is 3. The van der Waals surface area contributed by atoms with Crippen LogP contribution in [0.25, 0.3) is 5.65 Å². The molecule has 4 rings (SSSR count). The molecule has 3 aromatic rings. The molecule has 0 fully saturated rings. The SMILES string of the molecule is O=C(c1ccccc1OC(F)(F)F)N1CCc2nc3cc[nH]n3c(=O)c2C1. The standard InChI is InChI=1S/C17H13F3N4O3/c18-17(19,20)27-13-4-2-1-3-10(13)15(25)23-8-6-12-11(9-23)16(26)24-14(22-12)5-7-21-24/h1-5,7,21H,6,8-9H2. The molecule has 2 aromatic heterocycles. The molecule has 3 heterocycles. The van der Waals surface area contributed by atoms with Crippen molar-refractivity contribution in [1.82, 2.24) is 19.5 Å². The van der Waals surface area contributed by atoms with E-state index in [1.165, 1.54) is 27.6 Å². The fourth-order valence-corrected chi connectivity index (χ4v) is 3.12. The van der Waals surface area contributed by atoms with Crippen molar-refractivity contribution >= 4 is 11.6 Å². The summed E-state index contributed by atoms with van der Waals surface area (Å²) in [6.07, 6.45) is -3.00. The Bertz CT molecular complexity index is 1090. The first-order valence-electron chi connectivity index (χ1n) is 8.05. The lowest BCUT2D eigenvalue weighted by Gasteiger charge is -2.28. The highest BCUT2D eigenvalue weighted by atomic mass is 19.4. The van der Waals surface area contributed by atoms with Gasteiger partial charge in [0.1, 0.15) is 5.75 Å². The molecular weight excluding hydrogens is 365 g/mol. The third kappa shape index (κ3) is 3.14. The number of benzene rings is 1. The lowest BCUT2D eigenvalue weighted by Crippen LogP contribution is -2.40. The Balaban J connectivity index is 1.67. The zero-order valence-electron chi connectivity index (χ0n) is 13.8. The summed E-state index contributed by atoms with van der Waals surface area (Å²) in [5.41, 5.74) is 0.847. The van der Waals surface area contributed by atoms with Gasteiger partial charge in [0.15, 0.2) is 5.65 Å². The molecule has 0 unspecified atom stereocenters. The molecule has 140 valence electrons. The van der Waals surface area contributed by atoms with Crippen molar-refractivity contribution < 1.29 is 22.7 Å². The molecule has 1 aliphatic rings. The van der Waals surface area contributed by atoms with Crippen LogP contribution in [0, 0.1) is 0 Å². The minimum Gasteiger partial charge on any atom is -0.405 e. The van der Waals surface area contributed by atoms with Crippen molar-refractivity contribution in [3.8, 4) is 5.75 Å². The van der Waals surface area contributed by atoms with E-state index < -0.39 is 18.0 Å². The molecule has 1 N–H and O–H groups in total. The van der Waals surface area contributed by atoms with Gasteiger partial charge in [0.25, 0.3) is 11.5 Å². The number of H-pyrrole nitrogens is 1. The van der Waals surface area contributed by atoms with Gasteiger partial charge in [-0.25, -0.2) is 9.50 Å². The lowest BCUT2D eigenvalue weighted by atomic mass is 10.1. The molecule has 1 aliphatic heterocycles. The Morgan fingerprint density at radius 1 is 1.22 bits per heavy atom. The number of carbonyl (C=O) groups is 1. The number of ether oxygens (including phenoxy) is 1. The van der Waals surface area contributed by atoms with Gasteiger partial charge in [0, 0.05) is 25.2 Å². The van der Waals surface area contributed by atoms with Gasteiger partial charge in [0.05, 0.1) is 23.4 Å². The molecule has 0 atom stereocenters. The maximum absolute atomic E-state index is 12.8. The van der Waals surface area contributed by atoms with Crippen LogP contribution in [-0.4, -0.2) is 38.3 Å². The molecular formula is C17H13F3N4O3. The van der Waals surface area contributed by atoms with Gasteiger partial charge in [-0.1, -0.05) is 12.1 Å². The van der Waals surface area contributed by atoms with E-state index in [1.807, 2.05) is 0 Å². The summed E-state index contributed by atoms with van der Waals surface area (Å²) in [5, 5.41) is 2.74. The number of nitrogens with zero attached hydrogens (tertiary/aromatic N) is 3. The predicted molar refractivity (Wildman–Crippen MR) is 87.4 cm³/mol. The van der Waals surface area contributed by atoms with E-state index in [0.717, 1.165) is 6.07 Å². The molecule has 0 saturated heterocycles. The van der Waals surface area contributed by atoms with E-state index in [2.05, 4.69) is 14.8 Å². The average Bonchev–Trinajstić information content (AvgIpc) is 3.09. The van der Waals surface area contributed by atoms with Crippen molar-refractivity contribution in [2.75, 3.05) is 6.54 Å². The second-order valence-corrected chi connectivity index (χ2v) is 6.02. The predicted octanol–water partition coefficient (Wildman–Crippen LogP) is 2.12. The molecule has 0 saturated carbocycles. The lowest BCUT2D eigenvalue weighted by molar-refractivity contribution is -0.274. The van der Waals surface area contributed by atoms with Crippen molar-refractivity contribution in [1.29, 1.82) is 0 Å². The maximum Gasteiger partial charge on any atom is 0.573 e. The monoisotopic (exact) mass is 378 g/mol. The topological polar surface area (TPSA) is 79.7 Å². The molecule has 27 heavy (non-hydrogen) atoms. The van der Waals surface area contributed by atoms with Crippen LogP contribution in [0.3, 0.4) is 0 Å². The van der Waals surface area contributed by atoms with E-state index >= 15 is 0 Å². The van der Waals surface area contributed by atoms with Gasteiger partial charge in [-0.3, -0.25) is 14.7 Å². The number of rotatable bonds is 2. The second-order valence-electron chi connectivity index (χ2n) is 6.02. The van der Waals surface area contributed by atoms with Gasteiger partial charge in [-0.2, -0.15) is 0 Å². The highest BCUT2D eigenvalue weighted by Gasteiger charge is 2.34.